The van der Waals surface area contributed by atoms with Crippen LogP contribution in [0.15, 0.2) is 0 Å². The summed E-state index contributed by atoms with van der Waals surface area (Å²) in [4.78, 5) is 11.5. The van der Waals surface area contributed by atoms with Gasteiger partial charge in [-0.3, -0.25) is 4.79 Å². The van der Waals surface area contributed by atoms with E-state index in [1.807, 2.05) is 0 Å². The minimum atomic E-state index is 0.218. The molecule has 0 saturated heterocycles. The molecule has 1 rings (SSSR count). The Morgan fingerprint density at radius 2 is 2.21 bits per heavy atom. The lowest BCUT2D eigenvalue weighted by molar-refractivity contribution is -0.122. The highest BCUT2D eigenvalue weighted by atomic mass is 16.2. The zero-order chi connectivity index (χ0) is 10.6. The maximum atomic E-state index is 11.5. The summed E-state index contributed by atoms with van der Waals surface area (Å²) in [7, 11) is 0. The van der Waals surface area contributed by atoms with Gasteiger partial charge >= 0.3 is 0 Å². The molecule has 1 saturated carbocycles. The number of amides is 1. The van der Waals surface area contributed by atoms with Gasteiger partial charge in [0.1, 0.15) is 0 Å². The van der Waals surface area contributed by atoms with Crippen LogP contribution in [0.5, 0.6) is 0 Å². The second-order valence-corrected chi connectivity index (χ2v) is 4.70. The molecule has 1 aliphatic rings. The van der Waals surface area contributed by atoms with Gasteiger partial charge in [-0.1, -0.05) is 13.8 Å². The summed E-state index contributed by atoms with van der Waals surface area (Å²) >= 11 is 0. The topological polar surface area (TPSA) is 29.1 Å². The van der Waals surface area contributed by atoms with Crippen LogP contribution in [0.3, 0.4) is 0 Å². The first-order valence-corrected chi connectivity index (χ1v) is 5.29. The molecule has 1 unspecified atom stereocenters. The van der Waals surface area contributed by atoms with Gasteiger partial charge in [0.05, 0.1) is 0 Å². The third-order valence-corrected chi connectivity index (χ3v) is 2.88. The van der Waals surface area contributed by atoms with Crippen LogP contribution in [0, 0.1) is 23.7 Å². The molecule has 1 amide bonds. The number of unbranched alkanes of at least 4 members (excludes halogenated alkanes) is 2. The summed E-state index contributed by atoms with van der Waals surface area (Å²) in [6.07, 6.45) is 8.96. The van der Waals surface area contributed by atoms with Crippen molar-refractivity contribution in [2.75, 3.05) is 6.54 Å². The fraction of sp³-hybridized carbons (Fsp3) is 0.750. The Bertz CT molecular complexity index is 250. The van der Waals surface area contributed by atoms with E-state index < -0.39 is 0 Å². The van der Waals surface area contributed by atoms with E-state index in [2.05, 4.69) is 25.1 Å². The predicted octanol–water partition coefficient (Wildman–Crippen LogP) is 1.95. The molecule has 2 heteroatoms. The molecule has 0 heterocycles. The van der Waals surface area contributed by atoms with Crippen molar-refractivity contribution < 1.29 is 4.79 Å². The highest BCUT2D eigenvalue weighted by Gasteiger charge is 2.50. The molecular formula is C12H19NO. The van der Waals surface area contributed by atoms with Crippen molar-refractivity contribution in [2.24, 2.45) is 11.3 Å². The standard InChI is InChI=1S/C12H19NO/c1-4-5-6-7-8-13-11(14)10-9-12(10,2)3/h1,10H,5-9H2,2-3H3,(H,13,14). The lowest BCUT2D eigenvalue weighted by atomic mass is 10.1. The van der Waals surface area contributed by atoms with E-state index >= 15 is 0 Å². The second kappa shape index (κ2) is 4.50. The summed E-state index contributed by atoms with van der Waals surface area (Å²) in [5, 5.41) is 2.95. The predicted molar refractivity (Wildman–Crippen MR) is 57.6 cm³/mol. The molecule has 0 aromatic rings. The first kappa shape index (κ1) is 11.1. The van der Waals surface area contributed by atoms with Gasteiger partial charge in [0.2, 0.25) is 5.91 Å². The average Bonchev–Trinajstić information content (AvgIpc) is 2.75. The van der Waals surface area contributed by atoms with Gasteiger partial charge in [0.15, 0.2) is 0 Å². The van der Waals surface area contributed by atoms with Crippen molar-refractivity contribution in [3.8, 4) is 12.3 Å². The lowest BCUT2D eigenvalue weighted by Gasteiger charge is -2.05. The molecule has 1 atom stereocenters. The van der Waals surface area contributed by atoms with Gasteiger partial charge in [-0.05, 0) is 24.7 Å². The van der Waals surface area contributed by atoms with Crippen molar-refractivity contribution in [3.63, 3.8) is 0 Å². The summed E-state index contributed by atoms with van der Waals surface area (Å²) in [6.45, 7) is 5.04. The molecule has 0 aliphatic heterocycles. The Morgan fingerprint density at radius 1 is 1.57 bits per heavy atom. The van der Waals surface area contributed by atoms with E-state index in [-0.39, 0.29) is 17.2 Å². The zero-order valence-electron chi connectivity index (χ0n) is 9.10. The van der Waals surface area contributed by atoms with Gasteiger partial charge in [0, 0.05) is 18.9 Å². The molecule has 0 aromatic heterocycles. The molecule has 14 heavy (non-hydrogen) atoms. The number of hydrogen-bond donors (Lipinski definition) is 1. The molecule has 0 radical (unpaired) electrons. The van der Waals surface area contributed by atoms with Crippen molar-refractivity contribution in [1.29, 1.82) is 0 Å². The highest BCUT2D eigenvalue weighted by Crippen LogP contribution is 2.51. The number of rotatable bonds is 5. The van der Waals surface area contributed by atoms with Crippen LogP contribution in [-0.2, 0) is 4.79 Å². The van der Waals surface area contributed by atoms with E-state index in [0.29, 0.717) is 0 Å². The summed E-state index contributed by atoms with van der Waals surface area (Å²) in [6, 6.07) is 0. The number of hydrogen-bond acceptors (Lipinski definition) is 1. The third-order valence-electron chi connectivity index (χ3n) is 2.88. The SMILES string of the molecule is C#CCCCCNC(=O)C1CC1(C)C. The van der Waals surface area contributed by atoms with E-state index in [1.165, 1.54) is 0 Å². The Kier molecular flexibility index (Phi) is 3.57. The van der Waals surface area contributed by atoms with Crippen LogP contribution < -0.4 is 5.32 Å². The quantitative estimate of drug-likeness (QED) is 0.525. The maximum Gasteiger partial charge on any atom is 0.223 e. The Morgan fingerprint density at radius 3 is 2.71 bits per heavy atom. The van der Waals surface area contributed by atoms with Crippen molar-refractivity contribution in [2.45, 2.75) is 39.5 Å². The number of terminal acetylenes is 1. The van der Waals surface area contributed by atoms with E-state index in [0.717, 1.165) is 32.2 Å². The molecule has 1 fully saturated rings. The lowest BCUT2D eigenvalue weighted by Crippen LogP contribution is -2.27. The molecule has 1 aliphatic carbocycles. The molecule has 0 spiro atoms. The van der Waals surface area contributed by atoms with Gasteiger partial charge in [0.25, 0.3) is 0 Å². The molecule has 78 valence electrons. The first-order valence-electron chi connectivity index (χ1n) is 5.29. The Labute approximate surface area is 86.5 Å². The van der Waals surface area contributed by atoms with Crippen LogP contribution in [0.1, 0.15) is 39.5 Å². The highest BCUT2D eigenvalue weighted by molar-refractivity contribution is 5.82. The molecule has 1 N–H and O–H groups in total. The molecule has 0 bridgehead atoms. The normalized spacial score (nSPS) is 22.5. The number of carbonyl (C=O) groups is 1. The monoisotopic (exact) mass is 193 g/mol. The average molecular weight is 193 g/mol. The van der Waals surface area contributed by atoms with Crippen molar-refractivity contribution in [1.82, 2.24) is 5.32 Å². The fourth-order valence-electron chi connectivity index (χ4n) is 1.60. The summed E-state index contributed by atoms with van der Waals surface area (Å²) < 4.78 is 0. The summed E-state index contributed by atoms with van der Waals surface area (Å²) in [5.41, 5.74) is 0.239. The molecular weight excluding hydrogens is 174 g/mol. The van der Waals surface area contributed by atoms with Crippen LogP contribution in [0.4, 0.5) is 0 Å². The van der Waals surface area contributed by atoms with Crippen molar-refractivity contribution in [3.05, 3.63) is 0 Å². The van der Waals surface area contributed by atoms with Crippen molar-refractivity contribution >= 4 is 5.91 Å². The second-order valence-electron chi connectivity index (χ2n) is 4.70. The Balaban J connectivity index is 2.03. The third kappa shape index (κ3) is 3.06. The number of carbonyl (C=O) groups excluding carboxylic acids is 1. The first-order chi connectivity index (χ1) is 6.58. The maximum absolute atomic E-state index is 11.5. The number of nitrogens with one attached hydrogen (secondary N) is 1. The Hall–Kier alpha value is -0.970. The van der Waals surface area contributed by atoms with Gasteiger partial charge < -0.3 is 5.32 Å². The van der Waals surface area contributed by atoms with Gasteiger partial charge in [-0.2, -0.15) is 0 Å². The largest absolute Gasteiger partial charge is 0.356 e. The smallest absolute Gasteiger partial charge is 0.223 e. The van der Waals surface area contributed by atoms with Crippen LogP contribution >= 0.6 is 0 Å². The van der Waals surface area contributed by atoms with Crippen LogP contribution in [0.2, 0.25) is 0 Å². The minimum Gasteiger partial charge on any atom is -0.356 e. The van der Waals surface area contributed by atoms with Crippen LogP contribution in [-0.4, -0.2) is 12.5 Å². The zero-order valence-corrected chi connectivity index (χ0v) is 9.10. The minimum absolute atomic E-state index is 0.218. The molecule has 2 nitrogen and oxygen atoms in total. The van der Waals surface area contributed by atoms with E-state index in [1.54, 1.807) is 0 Å². The fourth-order valence-corrected chi connectivity index (χ4v) is 1.60. The van der Waals surface area contributed by atoms with Gasteiger partial charge in [-0.25, -0.2) is 0 Å². The molecule has 0 aromatic carbocycles. The van der Waals surface area contributed by atoms with Crippen LogP contribution in [0.25, 0.3) is 0 Å². The van der Waals surface area contributed by atoms with Gasteiger partial charge in [-0.15, -0.1) is 12.3 Å². The van der Waals surface area contributed by atoms with E-state index in [4.69, 9.17) is 6.42 Å². The summed E-state index contributed by atoms with van der Waals surface area (Å²) in [5.74, 6) is 3.06. The van der Waals surface area contributed by atoms with E-state index in [9.17, 15) is 4.79 Å².